The molecule has 25 heavy (non-hydrogen) atoms. The van der Waals surface area contributed by atoms with Crippen molar-refractivity contribution in [3.05, 3.63) is 60.2 Å². The maximum atomic E-state index is 12.6. The number of hydrogen-bond acceptors (Lipinski definition) is 4. The number of para-hydroxylation sites is 1. The van der Waals surface area contributed by atoms with Crippen molar-refractivity contribution in [1.29, 1.82) is 0 Å². The van der Waals surface area contributed by atoms with Crippen molar-refractivity contribution in [2.45, 2.75) is 18.8 Å². The molecule has 128 valence electrons. The molecule has 4 rings (SSSR count). The zero-order chi connectivity index (χ0) is 17.2. The number of nitrogen functional groups attached to an aromatic ring is 1. The van der Waals surface area contributed by atoms with Crippen LogP contribution in [-0.4, -0.2) is 43.9 Å². The molecule has 1 fully saturated rings. The number of amides is 1. The summed E-state index contributed by atoms with van der Waals surface area (Å²) in [7, 11) is 0. The van der Waals surface area contributed by atoms with Gasteiger partial charge in [-0.1, -0.05) is 18.2 Å². The van der Waals surface area contributed by atoms with E-state index in [1.807, 2.05) is 47.5 Å². The van der Waals surface area contributed by atoms with E-state index in [9.17, 15) is 4.79 Å². The standard InChI is InChI=1S/C18H20N6O/c19-16-11-20-21-18(16)13-6-8-23(12-13)17(25)10-14-7-9-24(22-14)15-4-2-1-3-5-15/h1-5,7,9,11,13H,6,8,10,12,19H2,(H,20,21). The molecule has 1 saturated heterocycles. The number of nitrogens with two attached hydrogens (primary N) is 1. The Bertz CT molecular complexity index is 869. The number of benzene rings is 1. The van der Waals surface area contributed by atoms with Crippen molar-refractivity contribution in [3.8, 4) is 5.69 Å². The highest BCUT2D eigenvalue weighted by Gasteiger charge is 2.29. The minimum absolute atomic E-state index is 0.0962. The molecule has 0 aliphatic carbocycles. The lowest BCUT2D eigenvalue weighted by molar-refractivity contribution is -0.129. The van der Waals surface area contributed by atoms with Crippen molar-refractivity contribution in [3.63, 3.8) is 0 Å². The minimum Gasteiger partial charge on any atom is -0.396 e. The molecule has 1 aliphatic rings. The number of anilines is 1. The molecule has 7 heteroatoms. The Morgan fingerprint density at radius 1 is 1.28 bits per heavy atom. The van der Waals surface area contributed by atoms with Crippen LogP contribution in [0, 0.1) is 0 Å². The van der Waals surface area contributed by atoms with E-state index in [-0.39, 0.29) is 11.8 Å². The molecule has 0 saturated carbocycles. The van der Waals surface area contributed by atoms with Crippen molar-refractivity contribution in [2.24, 2.45) is 0 Å². The summed E-state index contributed by atoms with van der Waals surface area (Å²) in [6.07, 6.45) is 4.72. The normalized spacial score (nSPS) is 17.1. The van der Waals surface area contributed by atoms with Crippen LogP contribution in [0.1, 0.15) is 23.7 Å². The highest BCUT2D eigenvalue weighted by Crippen LogP contribution is 2.29. The van der Waals surface area contributed by atoms with Gasteiger partial charge in [-0.25, -0.2) is 4.68 Å². The van der Waals surface area contributed by atoms with Gasteiger partial charge in [0.15, 0.2) is 0 Å². The van der Waals surface area contributed by atoms with Crippen LogP contribution < -0.4 is 5.73 Å². The van der Waals surface area contributed by atoms with Crippen LogP contribution in [0.5, 0.6) is 0 Å². The first-order chi connectivity index (χ1) is 12.2. The van der Waals surface area contributed by atoms with Gasteiger partial charge in [0.1, 0.15) is 0 Å². The summed E-state index contributed by atoms with van der Waals surface area (Å²) in [4.78, 5) is 14.5. The van der Waals surface area contributed by atoms with Crippen LogP contribution in [0.3, 0.4) is 0 Å². The molecular formula is C18H20N6O. The highest BCUT2D eigenvalue weighted by molar-refractivity contribution is 5.78. The first kappa shape index (κ1) is 15.4. The number of H-pyrrole nitrogens is 1. The molecule has 2 aromatic heterocycles. The van der Waals surface area contributed by atoms with Gasteiger partial charge in [-0.2, -0.15) is 10.2 Å². The average Bonchev–Trinajstić information content (AvgIpc) is 3.35. The molecule has 3 N–H and O–H groups in total. The summed E-state index contributed by atoms with van der Waals surface area (Å²) >= 11 is 0. The molecule has 1 aliphatic heterocycles. The second kappa shape index (κ2) is 6.43. The second-order valence-electron chi connectivity index (χ2n) is 6.33. The molecule has 0 radical (unpaired) electrons. The van der Waals surface area contributed by atoms with E-state index in [0.717, 1.165) is 30.0 Å². The van der Waals surface area contributed by atoms with Gasteiger partial charge >= 0.3 is 0 Å². The van der Waals surface area contributed by atoms with Crippen LogP contribution in [0.2, 0.25) is 0 Å². The van der Waals surface area contributed by atoms with Crippen molar-refractivity contribution in [2.75, 3.05) is 18.8 Å². The van der Waals surface area contributed by atoms with Crippen LogP contribution in [0.4, 0.5) is 5.69 Å². The van der Waals surface area contributed by atoms with Crippen LogP contribution in [-0.2, 0) is 11.2 Å². The lowest BCUT2D eigenvalue weighted by atomic mass is 10.0. The molecule has 0 spiro atoms. The maximum Gasteiger partial charge on any atom is 0.228 e. The third kappa shape index (κ3) is 3.13. The molecule has 3 aromatic rings. The fourth-order valence-electron chi connectivity index (χ4n) is 3.30. The van der Waals surface area contributed by atoms with Crippen molar-refractivity contribution < 1.29 is 4.79 Å². The first-order valence-corrected chi connectivity index (χ1v) is 8.37. The highest BCUT2D eigenvalue weighted by atomic mass is 16.2. The number of rotatable bonds is 4. The Morgan fingerprint density at radius 2 is 2.12 bits per heavy atom. The lowest BCUT2D eigenvalue weighted by Crippen LogP contribution is -2.30. The number of likely N-dealkylation sites (tertiary alicyclic amines) is 1. The third-order valence-corrected chi connectivity index (χ3v) is 4.65. The Kier molecular flexibility index (Phi) is 3.97. The van der Waals surface area contributed by atoms with Gasteiger partial charge in [-0.15, -0.1) is 0 Å². The number of nitrogens with one attached hydrogen (secondary N) is 1. The second-order valence-corrected chi connectivity index (χ2v) is 6.33. The molecule has 0 bridgehead atoms. The zero-order valence-corrected chi connectivity index (χ0v) is 13.8. The third-order valence-electron chi connectivity index (χ3n) is 4.65. The quantitative estimate of drug-likeness (QED) is 0.759. The number of hydrogen-bond donors (Lipinski definition) is 2. The number of carbonyl (C=O) groups excluding carboxylic acids is 1. The van der Waals surface area contributed by atoms with Gasteiger partial charge in [-0.3, -0.25) is 9.89 Å². The van der Waals surface area contributed by atoms with Crippen molar-refractivity contribution >= 4 is 11.6 Å². The van der Waals surface area contributed by atoms with Gasteiger partial charge in [0.2, 0.25) is 5.91 Å². The molecule has 1 atom stereocenters. The monoisotopic (exact) mass is 336 g/mol. The summed E-state index contributed by atoms with van der Waals surface area (Å²) in [5.41, 5.74) is 9.27. The largest absolute Gasteiger partial charge is 0.396 e. The number of aromatic nitrogens is 4. The predicted octanol–water partition coefficient (Wildman–Crippen LogP) is 1.74. The zero-order valence-electron chi connectivity index (χ0n) is 13.8. The smallest absolute Gasteiger partial charge is 0.228 e. The summed E-state index contributed by atoms with van der Waals surface area (Å²) in [6, 6.07) is 11.8. The summed E-state index contributed by atoms with van der Waals surface area (Å²) in [6.45, 7) is 1.41. The van der Waals surface area contributed by atoms with E-state index in [0.29, 0.717) is 18.7 Å². The van der Waals surface area contributed by atoms with E-state index in [1.165, 1.54) is 0 Å². The van der Waals surface area contributed by atoms with Crippen LogP contribution in [0.25, 0.3) is 5.69 Å². The molecule has 7 nitrogen and oxygen atoms in total. The van der Waals surface area contributed by atoms with Gasteiger partial charge in [0.05, 0.1) is 35.4 Å². The van der Waals surface area contributed by atoms with E-state index in [1.54, 1.807) is 10.9 Å². The van der Waals surface area contributed by atoms with Gasteiger partial charge in [0.25, 0.3) is 0 Å². The lowest BCUT2D eigenvalue weighted by Gasteiger charge is -2.15. The minimum atomic E-state index is 0.0962. The number of aromatic amines is 1. The predicted molar refractivity (Wildman–Crippen MR) is 94.2 cm³/mol. The summed E-state index contributed by atoms with van der Waals surface area (Å²) in [5, 5.41) is 11.4. The summed E-state index contributed by atoms with van der Waals surface area (Å²) in [5.74, 6) is 0.326. The number of nitrogens with zero attached hydrogens (tertiary/aromatic N) is 4. The van der Waals surface area contributed by atoms with Gasteiger partial charge in [0, 0.05) is 25.2 Å². The SMILES string of the molecule is Nc1cn[nH]c1C1CCN(C(=O)Cc2ccn(-c3ccccc3)n2)C1. The molecule has 3 heterocycles. The number of carbonyl (C=O) groups is 1. The summed E-state index contributed by atoms with van der Waals surface area (Å²) < 4.78 is 1.79. The first-order valence-electron chi connectivity index (χ1n) is 8.37. The van der Waals surface area contributed by atoms with Crippen LogP contribution in [0.15, 0.2) is 48.8 Å². The molecule has 1 amide bonds. The molecular weight excluding hydrogens is 316 g/mol. The fraction of sp³-hybridized carbons (Fsp3) is 0.278. The van der Waals surface area contributed by atoms with Gasteiger partial charge in [-0.05, 0) is 24.6 Å². The van der Waals surface area contributed by atoms with E-state index in [2.05, 4.69) is 15.3 Å². The van der Waals surface area contributed by atoms with Crippen LogP contribution >= 0.6 is 0 Å². The Labute approximate surface area is 145 Å². The van der Waals surface area contributed by atoms with E-state index in [4.69, 9.17) is 5.73 Å². The van der Waals surface area contributed by atoms with Gasteiger partial charge < -0.3 is 10.6 Å². The Hall–Kier alpha value is -3.09. The molecule has 1 unspecified atom stereocenters. The average molecular weight is 336 g/mol. The van der Waals surface area contributed by atoms with Crippen molar-refractivity contribution in [1.82, 2.24) is 24.9 Å². The topological polar surface area (TPSA) is 92.8 Å². The molecule has 1 aromatic carbocycles. The Morgan fingerprint density at radius 3 is 2.88 bits per heavy atom. The van der Waals surface area contributed by atoms with E-state index >= 15 is 0 Å². The maximum absolute atomic E-state index is 12.6. The fourth-order valence-corrected chi connectivity index (χ4v) is 3.30. The Balaban J connectivity index is 1.40. The van der Waals surface area contributed by atoms with E-state index < -0.39 is 0 Å².